The Morgan fingerprint density at radius 2 is 0.786 bits per heavy atom. The average Bonchev–Trinajstić information content (AvgIpc) is 2.98. The maximum atomic E-state index is 13.4. The quantitative estimate of drug-likeness (QED) is 0.0205. The van der Waals surface area contributed by atoms with Crippen LogP contribution < -0.4 is 5.32 Å². The van der Waals surface area contributed by atoms with E-state index in [2.05, 4.69) is 43.5 Å². The third kappa shape index (κ3) is 30.5. The number of carbonyl (C=O) groups is 1. The summed E-state index contributed by atoms with van der Waals surface area (Å²) < 4.78 is 34.3. The van der Waals surface area contributed by atoms with Crippen LogP contribution in [0.5, 0.6) is 0 Å². The summed E-state index contributed by atoms with van der Waals surface area (Å²) >= 11 is 0. The lowest BCUT2D eigenvalue weighted by atomic mass is 9.96. The summed E-state index contributed by atoms with van der Waals surface area (Å²) in [5.74, 6) is -0.276. The van der Waals surface area contributed by atoms with Crippen LogP contribution in [0.1, 0.15) is 239 Å². The Bertz CT molecular complexity index is 1670. The zero-order valence-electron chi connectivity index (χ0n) is 51.6. The lowest BCUT2D eigenvalue weighted by molar-refractivity contribution is -0.379. The molecule has 3 rings (SSSR count). The molecule has 3 aliphatic heterocycles. The number of hydrogen-bond donors (Lipinski definition) is 12. The summed E-state index contributed by atoms with van der Waals surface area (Å²) in [5, 5.41) is 120. The molecule has 3 saturated heterocycles. The van der Waals surface area contributed by atoms with Gasteiger partial charge in [0.05, 0.1) is 38.6 Å². The van der Waals surface area contributed by atoms with Gasteiger partial charge in [0, 0.05) is 6.42 Å². The van der Waals surface area contributed by atoms with Gasteiger partial charge in [0.25, 0.3) is 0 Å². The zero-order chi connectivity index (χ0) is 61.2. The maximum absolute atomic E-state index is 13.4. The molecular weight excluding hydrogens is 1080 g/mol. The molecule has 492 valence electrons. The largest absolute Gasteiger partial charge is 0.394 e. The lowest BCUT2D eigenvalue weighted by Crippen LogP contribution is -2.66. The molecule has 19 heteroatoms. The minimum absolute atomic E-state index is 0.244. The van der Waals surface area contributed by atoms with Crippen LogP contribution in [-0.2, 0) is 33.2 Å². The van der Waals surface area contributed by atoms with Crippen molar-refractivity contribution in [3.63, 3.8) is 0 Å². The van der Waals surface area contributed by atoms with Gasteiger partial charge < -0.3 is 89.9 Å². The van der Waals surface area contributed by atoms with E-state index in [0.29, 0.717) is 6.42 Å². The van der Waals surface area contributed by atoms with Gasteiger partial charge in [0.2, 0.25) is 5.91 Å². The van der Waals surface area contributed by atoms with Crippen LogP contribution in [0, 0.1) is 0 Å². The van der Waals surface area contributed by atoms with Crippen molar-refractivity contribution < 1.29 is 89.4 Å². The monoisotopic (exact) mass is 1200 g/mol. The molecule has 1 amide bonds. The van der Waals surface area contributed by atoms with Gasteiger partial charge in [-0.1, -0.05) is 217 Å². The fourth-order valence-corrected chi connectivity index (χ4v) is 11.2. The Kier molecular flexibility index (Phi) is 43.5. The lowest BCUT2D eigenvalue weighted by Gasteiger charge is -2.48. The van der Waals surface area contributed by atoms with Crippen molar-refractivity contribution in [3.05, 3.63) is 36.5 Å². The predicted octanol–water partition coefficient (Wildman–Crippen LogP) is 7.66. The molecule has 3 aliphatic rings. The second kappa shape index (κ2) is 47.9. The predicted molar refractivity (Wildman–Crippen MR) is 323 cm³/mol. The molecule has 0 bridgehead atoms. The van der Waals surface area contributed by atoms with Gasteiger partial charge in [-0.05, 0) is 51.4 Å². The second-order valence-electron chi connectivity index (χ2n) is 23.9. The molecule has 0 aromatic rings. The molecule has 0 aliphatic carbocycles. The summed E-state index contributed by atoms with van der Waals surface area (Å²) in [5.41, 5.74) is 0. The molecule has 17 atom stereocenters. The summed E-state index contributed by atoms with van der Waals surface area (Å²) in [6, 6.07) is -0.971. The molecule has 12 N–H and O–H groups in total. The van der Waals surface area contributed by atoms with Gasteiger partial charge in [-0.15, -0.1) is 0 Å². The van der Waals surface area contributed by atoms with Crippen molar-refractivity contribution in [3.8, 4) is 0 Å². The Balaban J connectivity index is 1.41. The number of allylic oxidation sites excluding steroid dienone is 5. The van der Waals surface area contributed by atoms with Crippen molar-refractivity contribution in [1.82, 2.24) is 5.32 Å². The van der Waals surface area contributed by atoms with Gasteiger partial charge in [-0.3, -0.25) is 4.79 Å². The number of aliphatic hydroxyl groups is 11. The summed E-state index contributed by atoms with van der Waals surface area (Å²) in [6.45, 7) is 1.71. The van der Waals surface area contributed by atoms with Crippen molar-refractivity contribution in [2.45, 2.75) is 343 Å². The normalized spacial score (nSPS) is 29.4. The topological polar surface area (TPSA) is 307 Å². The van der Waals surface area contributed by atoms with E-state index in [-0.39, 0.29) is 18.9 Å². The molecule has 0 saturated carbocycles. The van der Waals surface area contributed by atoms with Gasteiger partial charge in [0.15, 0.2) is 18.9 Å². The number of amides is 1. The third-order valence-corrected chi connectivity index (χ3v) is 16.7. The van der Waals surface area contributed by atoms with Gasteiger partial charge in [-0.25, -0.2) is 0 Å². The van der Waals surface area contributed by atoms with E-state index in [1.165, 1.54) is 161 Å². The first-order valence-electron chi connectivity index (χ1n) is 33.2. The van der Waals surface area contributed by atoms with Crippen molar-refractivity contribution in [1.29, 1.82) is 0 Å². The second-order valence-corrected chi connectivity index (χ2v) is 23.9. The molecule has 0 spiro atoms. The van der Waals surface area contributed by atoms with Crippen LogP contribution in [0.4, 0.5) is 0 Å². The van der Waals surface area contributed by atoms with Crippen LogP contribution in [0.2, 0.25) is 0 Å². The van der Waals surface area contributed by atoms with Crippen molar-refractivity contribution >= 4 is 5.91 Å². The highest BCUT2D eigenvalue weighted by atomic mass is 16.8. The van der Waals surface area contributed by atoms with Crippen LogP contribution in [0.3, 0.4) is 0 Å². The number of hydrogen-bond acceptors (Lipinski definition) is 18. The Hall–Kier alpha value is -1.99. The smallest absolute Gasteiger partial charge is 0.220 e. The summed E-state index contributed by atoms with van der Waals surface area (Å²) in [6.07, 6.45) is 27.0. The highest BCUT2D eigenvalue weighted by molar-refractivity contribution is 5.76. The molecule has 0 aromatic carbocycles. The van der Waals surface area contributed by atoms with E-state index in [9.17, 15) is 61.0 Å². The van der Waals surface area contributed by atoms with E-state index < -0.39 is 124 Å². The first kappa shape index (κ1) is 76.3. The molecule has 84 heavy (non-hydrogen) atoms. The zero-order valence-corrected chi connectivity index (χ0v) is 51.6. The Labute approximate surface area is 504 Å². The summed E-state index contributed by atoms with van der Waals surface area (Å²) in [7, 11) is 0. The van der Waals surface area contributed by atoms with E-state index in [0.717, 1.165) is 51.4 Å². The van der Waals surface area contributed by atoms with E-state index in [1.54, 1.807) is 6.08 Å². The highest BCUT2D eigenvalue weighted by Crippen LogP contribution is 2.33. The van der Waals surface area contributed by atoms with Gasteiger partial charge >= 0.3 is 0 Å². The Morgan fingerprint density at radius 3 is 1.21 bits per heavy atom. The number of nitrogens with one attached hydrogen (secondary N) is 1. The average molecular weight is 1200 g/mol. The number of unbranched alkanes of at least 4 members (excludes halogenated alkanes) is 30. The highest BCUT2D eigenvalue weighted by Gasteiger charge is 2.53. The summed E-state index contributed by atoms with van der Waals surface area (Å²) in [4.78, 5) is 13.4. The maximum Gasteiger partial charge on any atom is 0.220 e. The van der Waals surface area contributed by atoms with Crippen molar-refractivity contribution in [2.24, 2.45) is 0 Å². The number of carbonyl (C=O) groups excluding carboxylic acids is 1. The van der Waals surface area contributed by atoms with Crippen LogP contribution in [-0.4, -0.2) is 193 Å². The third-order valence-electron chi connectivity index (χ3n) is 16.7. The molecule has 0 radical (unpaired) electrons. The SMILES string of the molecule is CCCCCCC/C=C\C/C=C\CCCCCCCCCCCCCCCCCC(=O)NC(COC1OC(CO)C(OC2OC(CO)C(OC3OC(CO)C(O)C(O)C3O)C(O)C2O)C(O)C1O)C(O)/C=C/CCCCCCCCCCCC. The first-order valence-corrected chi connectivity index (χ1v) is 33.2. The number of ether oxygens (including phenoxy) is 6. The van der Waals surface area contributed by atoms with E-state index in [1.807, 2.05) is 6.08 Å². The molecule has 3 fully saturated rings. The van der Waals surface area contributed by atoms with Crippen molar-refractivity contribution in [2.75, 3.05) is 26.4 Å². The fraction of sp³-hybridized carbons (Fsp3) is 0.892. The van der Waals surface area contributed by atoms with Gasteiger partial charge in [-0.2, -0.15) is 0 Å². The molecule has 17 unspecified atom stereocenters. The minimum Gasteiger partial charge on any atom is -0.394 e. The van der Waals surface area contributed by atoms with Crippen LogP contribution >= 0.6 is 0 Å². The van der Waals surface area contributed by atoms with Crippen LogP contribution in [0.25, 0.3) is 0 Å². The molecular formula is C65H119NO18. The minimum atomic E-state index is -1.98. The molecule has 0 aromatic heterocycles. The van der Waals surface area contributed by atoms with E-state index >= 15 is 0 Å². The van der Waals surface area contributed by atoms with Crippen LogP contribution in [0.15, 0.2) is 36.5 Å². The molecule has 3 heterocycles. The van der Waals surface area contributed by atoms with E-state index in [4.69, 9.17) is 28.4 Å². The Morgan fingerprint density at radius 1 is 0.429 bits per heavy atom. The number of rotatable bonds is 50. The standard InChI is InChI=1S/C65H119NO18/c1-3-5-7-9-11-13-15-17-18-19-20-21-22-23-24-25-26-27-28-29-30-31-33-35-37-39-41-43-53(71)66-48(49(70)42-40-38-36-34-32-16-14-12-10-8-6-4-2)47-79-63-59(77)56(74)61(51(45-68)81-63)84-65-60(78)57(75)62(52(46-69)82-65)83-64-58(76)55(73)54(72)50(44-67)80-64/h15,17,19-20,40,42,48-52,54-65,67-70,72-78H,3-14,16,18,21-39,41,43-47H2,1-2H3,(H,66,71)/b17-15-,20-19-,42-40+. The molecule has 19 nitrogen and oxygen atoms in total. The van der Waals surface area contributed by atoms with Gasteiger partial charge in [0.1, 0.15) is 73.2 Å². The fourth-order valence-electron chi connectivity index (χ4n) is 11.2. The first-order chi connectivity index (χ1) is 40.8. The number of aliphatic hydroxyl groups excluding tert-OH is 11.